The summed E-state index contributed by atoms with van der Waals surface area (Å²) in [6, 6.07) is 0. The maximum absolute atomic E-state index is 11.5. The average molecular weight is 240 g/mol. The number of carboxylic acids is 1. The molecule has 0 radical (unpaired) electrons. The largest absolute Gasteiger partial charge is 0.476 e. The van der Waals surface area contributed by atoms with Crippen LogP contribution in [0.2, 0.25) is 0 Å². The van der Waals surface area contributed by atoms with E-state index in [0.29, 0.717) is 18.7 Å². The summed E-state index contributed by atoms with van der Waals surface area (Å²) in [5.41, 5.74) is 0.664. The van der Waals surface area contributed by atoms with Gasteiger partial charge in [0.25, 0.3) is 0 Å². The zero-order valence-corrected chi connectivity index (χ0v) is 9.50. The van der Waals surface area contributed by atoms with Crippen LogP contribution in [0.25, 0.3) is 0 Å². The lowest BCUT2D eigenvalue weighted by Crippen LogP contribution is -2.34. The lowest BCUT2D eigenvalue weighted by atomic mass is 10.1. The Morgan fingerprint density at radius 2 is 2.38 bits per heavy atom. The minimum atomic E-state index is -1.01. The smallest absolute Gasteiger partial charge is 0.365 e. The predicted molar refractivity (Wildman–Crippen MR) is 58.3 cm³/mol. The number of likely N-dealkylation sites (tertiary alicyclic amines) is 1. The summed E-state index contributed by atoms with van der Waals surface area (Å²) in [7, 11) is 0. The van der Waals surface area contributed by atoms with Gasteiger partial charge >= 0.3 is 5.97 Å². The van der Waals surface area contributed by atoms with Gasteiger partial charge in [-0.15, -0.1) is 11.3 Å². The second-order valence-corrected chi connectivity index (χ2v) is 4.58. The van der Waals surface area contributed by atoms with Gasteiger partial charge in [-0.2, -0.15) is 0 Å². The van der Waals surface area contributed by atoms with Crippen LogP contribution in [0.5, 0.6) is 0 Å². The molecule has 0 aromatic carbocycles. The fraction of sp³-hybridized carbons (Fsp3) is 0.500. The Kier molecular flexibility index (Phi) is 3.19. The lowest BCUT2D eigenvalue weighted by molar-refractivity contribution is -0.133. The summed E-state index contributed by atoms with van der Waals surface area (Å²) in [4.78, 5) is 27.9. The van der Waals surface area contributed by atoms with E-state index in [4.69, 9.17) is 5.11 Å². The minimum absolute atomic E-state index is 0.0828. The molecule has 16 heavy (non-hydrogen) atoms. The van der Waals surface area contributed by atoms with E-state index < -0.39 is 5.97 Å². The van der Waals surface area contributed by atoms with Crippen molar-refractivity contribution in [3.8, 4) is 0 Å². The third kappa shape index (κ3) is 2.38. The van der Waals surface area contributed by atoms with Crippen LogP contribution in [0, 0.1) is 0 Å². The van der Waals surface area contributed by atoms with Gasteiger partial charge in [-0.3, -0.25) is 4.79 Å². The van der Waals surface area contributed by atoms with Crippen LogP contribution in [0.1, 0.15) is 34.8 Å². The maximum atomic E-state index is 11.5. The quantitative estimate of drug-likeness (QED) is 0.865. The molecule has 0 aliphatic carbocycles. The van der Waals surface area contributed by atoms with Gasteiger partial charge in [0.2, 0.25) is 10.9 Å². The highest BCUT2D eigenvalue weighted by Gasteiger charge is 2.19. The van der Waals surface area contributed by atoms with Gasteiger partial charge in [0, 0.05) is 18.3 Å². The van der Waals surface area contributed by atoms with Gasteiger partial charge in [-0.25, -0.2) is 9.78 Å². The van der Waals surface area contributed by atoms with Crippen molar-refractivity contribution in [3.63, 3.8) is 0 Å². The van der Waals surface area contributed by atoms with E-state index >= 15 is 0 Å². The zero-order valence-electron chi connectivity index (χ0n) is 8.68. The molecule has 1 saturated heterocycles. The van der Waals surface area contributed by atoms with Gasteiger partial charge in [0.15, 0.2) is 0 Å². The van der Waals surface area contributed by atoms with Crippen LogP contribution in [0.4, 0.5) is 0 Å². The normalized spacial score (nSPS) is 16.5. The van der Waals surface area contributed by atoms with Crippen molar-refractivity contribution in [1.29, 1.82) is 0 Å². The van der Waals surface area contributed by atoms with Crippen molar-refractivity contribution < 1.29 is 14.7 Å². The van der Waals surface area contributed by atoms with Crippen molar-refractivity contribution in [1.82, 2.24) is 9.88 Å². The molecule has 1 aliphatic heterocycles. The Labute approximate surface area is 96.7 Å². The number of hydrogen-bond donors (Lipinski definition) is 1. The third-order valence-corrected chi connectivity index (χ3v) is 3.39. The molecule has 1 fully saturated rings. The number of carbonyl (C=O) groups is 2. The van der Waals surface area contributed by atoms with Crippen molar-refractivity contribution in [2.75, 3.05) is 6.54 Å². The molecule has 86 valence electrons. The molecule has 2 heterocycles. The van der Waals surface area contributed by atoms with Crippen LogP contribution >= 0.6 is 11.3 Å². The fourth-order valence-electron chi connectivity index (χ4n) is 1.70. The summed E-state index contributed by atoms with van der Waals surface area (Å²) in [6.07, 6.45) is 2.56. The van der Waals surface area contributed by atoms with Crippen molar-refractivity contribution >= 4 is 23.2 Å². The molecular weight excluding hydrogens is 228 g/mol. The van der Waals surface area contributed by atoms with E-state index in [9.17, 15) is 9.59 Å². The van der Waals surface area contributed by atoms with E-state index in [1.807, 2.05) is 0 Å². The number of nitrogens with zero attached hydrogens (tertiary/aromatic N) is 2. The maximum Gasteiger partial charge on any atom is 0.365 e. The molecule has 1 aromatic rings. The van der Waals surface area contributed by atoms with Gasteiger partial charge in [-0.05, 0) is 12.8 Å². The SMILES string of the molecule is O=C(O)c1nc(CN2CCCCC2=O)cs1. The molecule has 1 aromatic heterocycles. The standard InChI is InChI=1S/C10H12N2O3S/c13-8-3-1-2-4-12(8)5-7-6-16-9(11-7)10(14)15/h6H,1-5H2,(H,14,15). The molecule has 1 N–H and O–H groups in total. The predicted octanol–water partition coefficient (Wildman–Crippen LogP) is 1.35. The Morgan fingerprint density at radius 1 is 1.56 bits per heavy atom. The van der Waals surface area contributed by atoms with E-state index in [1.54, 1.807) is 10.3 Å². The summed E-state index contributed by atoms with van der Waals surface area (Å²) >= 11 is 1.10. The molecule has 0 bridgehead atoms. The van der Waals surface area contributed by atoms with E-state index in [0.717, 1.165) is 30.7 Å². The highest BCUT2D eigenvalue weighted by Crippen LogP contribution is 2.16. The second-order valence-electron chi connectivity index (χ2n) is 3.72. The van der Waals surface area contributed by atoms with Gasteiger partial charge in [0.05, 0.1) is 12.2 Å². The van der Waals surface area contributed by atoms with E-state index in [1.165, 1.54) is 0 Å². The average Bonchev–Trinajstić information content (AvgIpc) is 2.70. The number of piperidine rings is 1. The van der Waals surface area contributed by atoms with Crippen LogP contribution in [0.15, 0.2) is 5.38 Å². The minimum Gasteiger partial charge on any atom is -0.476 e. The Morgan fingerprint density at radius 3 is 3.00 bits per heavy atom. The molecule has 5 nitrogen and oxygen atoms in total. The number of aromatic carboxylic acids is 1. The molecule has 1 aliphatic rings. The number of aromatic nitrogens is 1. The monoisotopic (exact) mass is 240 g/mol. The summed E-state index contributed by atoms with van der Waals surface area (Å²) < 4.78 is 0. The van der Waals surface area contributed by atoms with Crippen molar-refractivity contribution in [2.45, 2.75) is 25.8 Å². The number of thiazole rings is 1. The van der Waals surface area contributed by atoms with Crippen molar-refractivity contribution in [3.05, 3.63) is 16.1 Å². The molecule has 1 amide bonds. The molecule has 0 atom stereocenters. The van der Waals surface area contributed by atoms with Gasteiger partial charge in [0.1, 0.15) is 0 Å². The lowest BCUT2D eigenvalue weighted by Gasteiger charge is -2.25. The van der Waals surface area contributed by atoms with Gasteiger partial charge in [-0.1, -0.05) is 0 Å². The summed E-state index contributed by atoms with van der Waals surface area (Å²) in [6.45, 7) is 1.18. The highest BCUT2D eigenvalue weighted by atomic mass is 32.1. The number of hydrogen-bond acceptors (Lipinski definition) is 4. The van der Waals surface area contributed by atoms with Crippen LogP contribution in [-0.4, -0.2) is 33.4 Å². The number of amides is 1. The molecular formula is C10H12N2O3S. The second kappa shape index (κ2) is 4.61. The highest BCUT2D eigenvalue weighted by molar-refractivity contribution is 7.11. The first-order chi connectivity index (χ1) is 7.66. The first-order valence-corrected chi connectivity index (χ1v) is 6.00. The van der Waals surface area contributed by atoms with Crippen LogP contribution < -0.4 is 0 Å². The summed E-state index contributed by atoms with van der Waals surface area (Å²) in [5, 5.41) is 10.5. The third-order valence-electron chi connectivity index (χ3n) is 2.51. The fourth-order valence-corrected chi connectivity index (χ4v) is 2.35. The Bertz CT molecular complexity index is 416. The van der Waals surface area contributed by atoms with E-state index in [2.05, 4.69) is 4.98 Å². The molecule has 0 unspecified atom stereocenters. The van der Waals surface area contributed by atoms with Crippen molar-refractivity contribution in [2.24, 2.45) is 0 Å². The van der Waals surface area contributed by atoms with Crippen LogP contribution in [0.3, 0.4) is 0 Å². The first kappa shape index (κ1) is 11.1. The zero-order chi connectivity index (χ0) is 11.5. The van der Waals surface area contributed by atoms with Crippen LogP contribution in [-0.2, 0) is 11.3 Å². The molecule has 0 saturated carbocycles. The number of carbonyl (C=O) groups excluding carboxylic acids is 1. The Balaban J connectivity index is 2.02. The number of rotatable bonds is 3. The first-order valence-electron chi connectivity index (χ1n) is 5.12. The van der Waals surface area contributed by atoms with Gasteiger partial charge < -0.3 is 10.0 Å². The molecule has 2 rings (SSSR count). The summed E-state index contributed by atoms with van der Waals surface area (Å²) in [5.74, 6) is -0.877. The topological polar surface area (TPSA) is 70.5 Å². The number of carboxylic acid groups (broad SMARTS) is 1. The molecule has 6 heteroatoms. The Hall–Kier alpha value is -1.43. The molecule has 0 spiro atoms. The van der Waals surface area contributed by atoms with E-state index in [-0.39, 0.29) is 10.9 Å².